The first-order valence-corrected chi connectivity index (χ1v) is 8.73. The Bertz CT molecular complexity index is 507. The monoisotopic (exact) mass is 317 g/mol. The van der Waals surface area contributed by atoms with Crippen molar-refractivity contribution < 1.29 is 4.79 Å². The van der Waals surface area contributed by atoms with Crippen molar-refractivity contribution >= 4 is 5.91 Å². The van der Waals surface area contributed by atoms with Crippen LogP contribution in [0.1, 0.15) is 36.2 Å². The van der Waals surface area contributed by atoms with Crippen molar-refractivity contribution in [2.75, 3.05) is 39.8 Å². The second-order valence-electron chi connectivity index (χ2n) is 7.15. The summed E-state index contributed by atoms with van der Waals surface area (Å²) in [5, 5.41) is 3.16. The van der Waals surface area contributed by atoms with Crippen molar-refractivity contribution in [2.45, 2.75) is 33.2 Å². The summed E-state index contributed by atoms with van der Waals surface area (Å²) in [6.45, 7) is 11.6. The summed E-state index contributed by atoms with van der Waals surface area (Å²) in [6.07, 6.45) is 1.12. The Balaban J connectivity index is 1.95. The van der Waals surface area contributed by atoms with E-state index in [0.29, 0.717) is 12.0 Å². The van der Waals surface area contributed by atoms with E-state index < -0.39 is 0 Å². The van der Waals surface area contributed by atoms with E-state index in [4.69, 9.17) is 0 Å². The highest BCUT2D eigenvalue weighted by Crippen LogP contribution is 2.14. The molecule has 0 aromatic heterocycles. The van der Waals surface area contributed by atoms with E-state index in [9.17, 15) is 4.79 Å². The third-order valence-corrected chi connectivity index (χ3v) is 4.69. The molecule has 0 saturated carbocycles. The summed E-state index contributed by atoms with van der Waals surface area (Å²) in [6, 6.07) is 8.21. The van der Waals surface area contributed by atoms with Crippen LogP contribution in [0.2, 0.25) is 0 Å². The molecule has 1 heterocycles. The number of piperazine rings is 1. The molecule has 1 saturated heterocycles. The van der Waals surface area contributed by atoms with Crippen molar-refractivity contribution in [2.24, 2.45) is 5.92 Å². The van der Waals surface area contributed by atoms with Gasteiger partial charge in [0.05, 0.1) is 0 Å². The normalized spacial score (nSPS) is 18.1. The number of carbonyl (C=O) groups is 1. The molecule has 1 N–H and O–H groups in total. The van der Waals surface area contributed by atoms with Crippen molar-refractivity contribution in [3.63, 3.8) is 0 Å². The fourth-order valence-electron chi connectivity index (χ4n) is 3.23. The van der Waals surface area contributed by atoms with Gasteiger partial charge < -0.3 is 10.2 Å². The second-order valence-corrected chi connectivity index (χ2v) is 7.15. The number of hydrogen-bond acceptors (Lipinski definition) is 3. The number of amides is 1. The van der Waals surface area contributed by atoms with Crippen molar-refractivity contribution in [3.8, 4) is 0 Å². The zero-order valence-electron chi connectivity index (χ0n) is 15.0. The summed E-state index contributed by atoms with van der Waals surface area (Å²) in [4.78, 5) is 17.4. The summed E-state index contributed by atoms with van der Waals surface area (Å²) < 4.78 is 0. The molecule has 23 heavy (non-hydrogen) atoms. The summed E-state index contributed by atoms with van der Waals surface area (Å²) in [7, 11) is 2.18. The molecular formula is C19H31N3O. The van der Waals surface area contributed by atoms with Crippen LogP contribution in [0.25, 0.3) is 0 Å². The minimum atomic E-state index is 0.0472. The topological polar surface area (TPSA) is 35.6 Å². The van der Waals surface area contributed by atoms with Crippen LogP contribution >= 0.6 is 0 Å². The molecule has 0 aliphatic carbocycles. The largest absolute Gasteiger partial charge is 0.350 e. The quantitative estimate of drug-likeness (QED) is 0.875. The Kier molecular flexibility index (Phi) is 6.60. The Morgan fingerprint density at radius 3 is 2.43 bits per heavy atom. The molecule has 1 atom stereocenters. The lowest BCUT2D eigenvalue weighted by Gasteiger charge is -2.38. The van der Waals surface area contributed by atoms with Crippen molar-refractivity contribution in [1.82, 2.24) is 15.1 Å². The zero-order valence-corrected chi connectivity index (χ0v) is 15.0. The van der Waals surface area contributed by atoms with Gasteiger partial charge in [0.2, 0.25) is 0 Å². The number of likely N-dealkylation sites (N-methyl/N-ethyl adjacent to an activating group) is 1. The minimum Gasteiger partial charge on any atom is -0.350 e. The van der Waals surface area contributed by atoms with Gasteiger partial charge in [-0.1, -0.05) is 32.0 Å². The molecule has 1 aromatic rings. The van der Waals surface area contributed by atoms with Crippen LogP contribution in [0.3, 0.4) is 0 Å². The van der Waals surface area contributed by atoms with Gasteiger partial charge >= 0.3 is 0 Å². The number of benzene rings is 1. The maximum atomic E-state index is 12.5. The molecule has 1 aromatic carbocycles. The highest BCUT2D eigenvalue weighted by atomic mass is 16.1. The number of carbonyl (C=O) groups excluding carboxylic acids is 1. The third kappa shape index (κ3) is 5.33. The van der Waals surface area contributed by atoms with Gasteiger partial charge in [-0.25, -0.2) is 0 Å². The van der Waals surface area contributed by atoms with Crippen LogP contribution < -0.4 is 5.32 Å². The van der Waals surface area contributed by atoms with Gasteiger partial charge in [0.25, 0.3) is 5.91 Å². The van der Waals surface area contributed by atoms with E-state index in [1.165, 1.54) is 0 Å². The highest BCUT2D eigenvalue weighted by Gasteiger charge is 2.24. The smallest absolute Gasteiger partial charge is 0.251 e. The predicted molar refractivity (Wildman–Crippen MR) is 95.8 cm³/mol. The number of rotatable bonds is 6. The highest BCUT2D eigenvalue weighted by molar-refractivity contribution is 5.95. The van der Waals surface area contributed by atoms with E-state index in [0.717, 1.165) is 50.3 Å². The van der Waals surface area contributed by atoms with E-state index in [1.807, 2.05) is 31.2 Å². The van der Waals surface area contributed by atoms with Crippen molar-refractivity contribution in [3.05, 3.63) is 35.4 Å². The minimum absolute atomic E-state index is 0.0472. The maximum Gasteiger partial charge on any atom is 0.251 e. The third-order valence-electron chi connectivity index (χ3n) is 4.69. The van der Waals surface area contributed by atoms with Gasteiger partial charge in [-0.05, 0) is 37.9 Å². The molecule has 2 rings (SSSR count). The van der Waals surface area contributed by atoms with Gasteiger partial charge in [0.1, 0.15) is 0 Å². The molecule has 1 amide bonds. The number of hydrogen-bond donors (Lipinski definition) is 1. The summed E-state index contributed by atoms with van der Waals surface area (Å²) >= 11 is 0. The van der Waals surface area contributed by atoms with E-state index in [2.05, 4.69) is 36.0 Å². The van der Waals surface area contributed by atoms with E-state index in [1.54, 1.807) is 0 Å². The van der Waals surface area contributed by atoms with Gasteiger partial charge in [0, 0.05) is 44.3 Å². The molecule has 4 nitrogen and oxygen atoms in total. The van der Waals surface area contributed by atoms with Gasteiger partial charge in [-0.2, -0.15) is 0 Å². The molecule has 1 aliphatic heterocycles. The first kappa shape index (κ1) is 18.0. The molecule has 1 aliphatic rings. The average molecular weight is 317 g/mol. The molecule has 0 radical (unpaired) electrons. The number of nitrogens with one attached hydrogen (secondary N) is 1. The van der Waals surface area contributed by atoms with Crippen LogP contribution in [0.4, 0.5) is 0 Å². The fourth-order valence-corrected chi connectivity index (χ4v) is 3.23. The molecule has 1 fully saturated rings. The lowest BCUT2D eigenvalue weighted by molar-refractivity contribution is 0.0850. The zero-order chi connectivity index (χ0) is 16.8. The van der Waals surface area contributed by atoms with Crippen LogP contribution in [-0.2, 0) is 0 Å². The maximum absolute atomic E-state index is 12.5. The molecule has 0 spiro atoms. The standard InChI is InChI=1S/C19H31N3O/c1-15(2)13-17(22-11-9-21(4)10-12-22)14-20-19(23)18-8-6-5-7-16(18)3/h5-8,15,17H,9-14H2,1-4H3,(H,20,23). The number of aryl methyl sites for hydroxylation is 1. The SMILES string of the molecule is Cc1ccccc1C(=O)NCC(CC(C)C)N1CCN(C)CC1. The lowest BCUT2D eigenvalue weighted by Crippen LogP contribution is -2.52. The average Bonchev–Trinajstić information content (AvgIpc) is 2.52. The van der Waals surface area contributed by atoms with E-state index >= 15 is 0 Å². The molecule has 0 bridgehead atoms. The number of nitrogens with zero attached hydrogens (tertiary/aromatic N) is 2. The van der Waals surface area contributed by atoms with Gasteiger partial charge in [0.15, 0.2) is 0 Å². The molecule has 128 valence electrons. The Hall–Kier alpha value is -1.39. The summed E-state index contributed by atoms with van der Waals surface area (Å²) in [5.41, 5.74) is 1.82. The Morgan fingerprint density at radius 1 is 1.17 bits per heavy atom. The molecule has 1 unspecified atom stereocenters. The Morgan fingerprint density at radius 2 is 1.83 bits per heavy atom. The lowest BCUT2D eigenvalue weighted by atomic mass is 10.0. The van der Waals surface area contributed by atoms with E-state index in [-0.39, 0.29) is 5.91 Å². The van der Waals surface area contributed by atoms with Crippen LogP contribution in [0, 0.1) is 12.8 Å². The van der Waals surface area contributed by atoms with Crippen LogP contribution in [0.5, 0.6) is 0 Å². The second kappa shape index (κ2) is 8.46. The van der Waals surface area contributed by atoms with Gasteiger partial charge in [-0.15, -0.1) is 0 Å². The van der Waals surface area contributed by atoms with Crippen LogP contribution in [0.15, 0.2) is 24.3 Å². The van der Waals surface area contributed by atoms with Crippen LogP contribution in [-0.4, -0.2) is 61.5 Å². The first-order chi connectivity index (χ1) is 11.0. The molecule has 4 heteroatoms. The fraction of sp³-hybridized carbons (Fsp3) is 0.632. The van der Waals surface area contributed by atoms with Gasteiger partial charge in [-0.3, -0.25) is 9.69 Å². The predicted octanol–water partition coefficient (Wildman–Crippen LogP) is 2.39. The summed E-state index contributed by atoms with van der Waals surface area (Å²) in [5.74, 6) is 0.681. The molecular weight excluding hydrogens is 286 g/mol. The Labute approximate surface area is 140 Å². The van der Waals surface area contributed by atoms with Crippen molar-refractivity contribution in [1.29, 1.82) is 0 Å². The first-order valence-electron chi connectivity index (χ1n) is 8.73.